The first-order valence-electron chi connectivity index (χ1n) is 14.5. The van der Waals surface area contributed by atoms with E-state index in [2.05, 4.69) is 40.2 Å². The standard InChI is InChI=1S/C29H33N11O3/c1-37-18-23(16-33-37)26-17-30-27-28(34-26)40(36-35-27)20-25-19-39(9-13-43-25)29-31-14-22(15-32-29)21-2-4-24(5-3-21)42-12-8-38-6-10-41-11-7-38/h2-5,14-18,25H,6-13,19-20H2,1H3. The van der Waals surface area contributed by atoms with Gasteiger partial charge in [0.15, 0.2) is 5.65 Å². The first kappa shape index (κ1) is 27.3. The summed E-state index contributed by atoms with van der Waals surface area (Å²) < 4.78 is 20.9. The van der Waals surface area contributed by atoms with Crippen LogP contribution < -0.4 is 9.64 Å². The largest absolute Gasteiger partial charge is 0.492 e. The fourth-order valence-electron chi connectivity index (χ4n) is 5.27. The first-order chi connectivity index (χ1) is 21.2. The highest BCUT2D eigenvalue weighted by atomic mass is 16.5. The summed E-state index contributed by atoms with van der Waals surface area (Å²) in [6.45, 7) is 7.45. The van der Waals surface area contributed by atoms with Crippen molar-refractivity contribution >= 4 is 17.2 Å². The van der Waals surface area contributed by atoms with Crippen LogP contribution in [0.3, 0.4) is 0 Å². The van der Waals surface area contributed by atoms with Crippen LogP contribution in [-0.2, 0) is 23.1 Å². The van der Waals surface area contributed by atoms with Crippen molar-refractivity contribution in [1.82, 2.24) is 49.6 Å². The van der Waals surface area contributed by atoms with Crippen molar-refractivity contribution < 1.29 is 14.2 Å². The number of fused-ring (bicyclic) bond motifs is 1. The normalized spacial score (nSPS) is 17.9. The van der Waals surface area contributed by atoms with Crippen molar-refractivity contribution in [2.24, 2.45) is 7.05 Å². The van der Waals surface area contributed by atoms with Crippen LogP contribution in [0.4, 0.5) is 5.95 Å². The second-order valence-electron chi connectivity index (χ2n) is 10.6. The lowest BCUT2D eigenvalue weighted by Crippen LogP contribution is -2.45. The minimum Gasteiger partial charge on any atom is -0.492 e. The molecule has 2 aliphatic heterocycles. The second-order valence-corrected chi connectivity index (χ2v) is 10.6. The molecular weight excluding hydrogens is 550 g/mol. The van der Waals surface area contributed by atoms with Gasteiger partial charge in [-0.15, -0.1) is 5.10 Å². The summed E-state index contributed by atoms with van der Waals surface area (Å²) in [6.07, 6.45) is 8.93. The van der Waals surface area contributed by atoms with Gasteiger partial charge in [0.25, 0.3) is 0 Å². The Balaban J connectivity index is 0.962. The van der Waals surface area contributed by atoms with Gasteiger partial charge in [-0.3, -0.25) is 9.58 Å². The van der Waals surface area contributed by atoms with Gasteiger partial charge in [-0.05, 0) is 17.7 Å². The maximum Gasteiger partial charge on any atom is 0.225 e. The average Bonchev–Trinajstić information content (AvgIpc) is 3.68. The molecule has 0 aliphatic carbocycles. The average molecular weight is 584 g/mol. The highest BCUT2D eigenvalue weighted by molar-refractivity contribution is 5.69. The molecule has 2 fully saturated rings. The quantitative estimate of drug-likeness (QED) is 0.250. The zero-order valence-corrected chi connectivity index (χ0v) is 24.0. The fraction of sp³-hybridized carbons (Fsp3) is 0.414. The molecule has 4 aromatic heterocycles. The number of anilines is 1. The van der Waals surface area contributed by atoms with Crippen LogP contribution >= 0.6 is 0 Å². The van der Waals surface area contributed by atoms with Gasteiger partial charge in [0.1, 0.15) is 12.4 Å². The summed E-state index contributed by atoms with van der Waals surface area (Å²) in [5.74, 6) is 1.52. The van der Waals surface area contributed by atoms with Crippen LogP contribution in [0.1, 0.15) is 0 Å². The molecule has 1 unspecified atom stereocenters. The lowest BCUT2D eigenvalue weighted by Gasteiger charge is -2.32. The van der Waals surface area contributed by atoms with Crippen molar-refractivity contribution in [2.75, 3.05) is 64.1 Å². The van der Waals surface area contributed by atoms with Crippen LogP contribution in [-0.4, -0.2) is 115 Å². The number of aryl methyl sites for hydroxylation is 1. The van der Waals surface area contributed by atoms with Gasteiger partial charge in [0, 0.05) is 69.5 Å². The molecule has 2 saturated heterocycles. The van der Waals surface area contributed by atoms with Crippen LogP contribution in [0.15, 0.2) is 55.2 Å². The zero-order chi connectivity index (χ0) is 29.0. The Kier molecular flexibility index (Phi) is 7.86. The van der Waals surface area contributed by atoms with Gasteiger partial charge >= 0.3 is 0 Å². The highest BCUT2D eigenvalue weighted by Gasteiger charge is 2.24. The molecule has 1 atom stereocenters. The van der Waals surface area contributed by atoms with Crippen LogP contribution in [0, 0.1) is 0 Å². The van der Waals surface area contributed by atoms with E-state index in [1.165, 1.54) is 0 Å². The van der Waals surface area contributed by atoms with Gasteiger partial charge in [-0.25, -0.2) is 24.6 Å². The van der Waals surface area contributed by atoms with E-state index < -0.39 is 0 Å². The molecule has 0 bridgehead atoms. The molecule has 2 aliphatic rings. The number of rotatable bonds is 9. The molecule has 43 heavy (non-hydrogen) atoms. The molecule has 0 N–H and O–H groups in total. The van der Waals surface area contributed by atoms with E-state index in [0.29, 0.717) is 50.1 Å². The third-order valence-electron chi connectivity index (χ3n) is 7.63. The Bertz CT molecular complexity index is 1650. The molecule has 0 spiro atoms. The predicted molar refractivity (Wildman–Crippen MR) is 157 cm³/mol. The maximum atomic E-state index is 6.07. The van der Waals surface area contributed by atoms with E-state index in [-0.39, 0.29) is 6.10 Å². The molecule has 14 heteroatoms. The molecule has 0 radical (unpaired) electrons. The molecule has 222 valence electrons. The number of hydrogen-bond donors (Lipinski definition) is 0. The summed E-state index contributed by atoms with van der Waals surface area (Å²) in [7, 11) is 1.87. The fourth-order valence-corrected chi connectivity index (χ4v) is 5.27. The monoisotopic (exact) mass is 583 g/mol. The Morgan fingerprint density at radius 2 is 1.74 bits per heavy atom. The van der Waals surface area contributed by atoms with Crippen LogP contribution in [0.2, 0.25) is 0 Å². The summed E-state index contributed by atoms with van der Waals surface area (Å²) in [4.78, 5) is 23.0. The van der Waals surface area contributed by atoms with E-state index in [1.54, 1.807) is 21.8 Å². The third-order valence-corrected chi connectivity index (χ3v) is 7.63. The minimum absolute atomic E-state index is 0.137. The highest BCUT2D eigenvalue weighted by Crippen LogP contribution is 2.23. The summed E-state index contributed by atoms with van der Waals surface area (Å²) >= 11 is 0. The number of hydrogen-bond acceptors (Lipinski definition) is 12. The SMILES string of the molecule is Cn1cc(-c2cnc3nnn(CC4CN(c5ncc(-c6ccc(OCCN7CCOCC7)cc6)cn5)CCO4)c3n2)cn1. The zero-order valence-electron chi connectivity index (χ0n) is 24.0. The van der Waals surface area contributed by atoms with Crippen LogP contribution in [0.25, 0.3) is 33.7 Å². The van der Waals surface area contributed by atoms with Gasteiger partial charge in [-0.2, -0.15) is 5.10 Å². The first-order valence-corrected chi connectivity index (χ1v) is 14.5. The molecule has 0 saturated carbocycles. The number of aromatic nitrogens is 9. The van der Waals surface area contributed by atoms with Gasteiger partial charge in [0.2, 0.25) is 11.6 Å². The lowest BCUT2D eigenvalue weighted by atomic mass is 10.1. The van der Waals surface area contributed by atoms with E-state index in [9.17, 15) is 0 Å². The summed E-state index contributed by atoms with van der Waals surface area (Å²) in [5.41, 5.74) is 4.69. The molecule has 1 aromatic carbocycles. The Labute approximate surface area is 248 Å². The molecule has 7 rings (SSSR count). The van der Waals surface area contributed by atoms with E-state index >= 15 is 0 Å². The van der Waals surface area contributed by atoms with Crippen molar-refractivity contribution in [2.45, 2.75) is 12.6 Å². The second kappa shape index (κ2) is 12.4. The van der Waals surface area contributed by atoms with Gasteiger partial charge in [0.05, 0.1) is 50.6 Å². The maximum absolute atomic E-state index is 6.07. The predicted octanol–water partition coefficient (Wildman–Crippen LogP) is 1.70. The van der Waals surface area contributed by atoms with Crippen LogP contribution in [0.5, 0.6) is 5.75 Å². The van der Waals surface area contributed by atoms with Crippen molar-refractivity contribution in [3.8, 4) is 28.1 Å². The lowest BCUT2D eigenvalue weighted by molar-refractivity contribution is 0.0273. The number of morpholine rings is 2. The number of benzene rings is 1. The van der Waals surface area contributed by atoms with Gasteiger partial charge < -0.3 is 19.1 Å². The third kappa shape index (κ3) is 6.30. The molecule has 5 aromatic rings. The minimum atomic E-state index is -0.137. The topological polar surface area (TPSA) is 134 Å². The number of ether oxygens (including phenoxy) is 3. The Morgan fingerprint density at radius 1 is 0.907 bits per heavy atom. The molecular formula is C29H33N11O3. The van der Waals surface area contributed by atoms with Crippen molar-refractivity contribution in [3.63, 3.8) is 0 Å². The van der Waals surface area contributed by atoms with E-state index in [0.717, 1.165) is 61.0 Å². The smallest absolute Gasteiger partial charge is 0.225 e. The summed E-state index contributed by atoms with van der Waals surface area (Å²) in [6, 6.07) is 8.07. The van der Waals surface area contributed by atoms with E-state index in [4.69, 9.17) is 19.2 Å². The molecule has 0 amide bonds. The molecule has 6 heterocycles. The number of nitrogens with zero attached hydrogens (tertiary/aromatic N) is 11. The Morgan fingerprint density at radius 3 is 2.53 bits per heavy atom. The Hall–Kier alpha value is -4.53. The van der Waals surface area contributed by atoms with E-state index in [1.807, 2.05) is 49.9 Å². The van der Waals surface area contributed by atoms with Crippen molar-refractivity contribution in [3.05, 3.63) is 55.2 Å². The summed E-state index contributed by atoms with van der Waals surface area (Å²) in [5, 5.41) is 12.7. The van der Waals surface area contributed by atoms with Gasteiger partial charge in [-0.1, -0.05) is 17.3 Å². The molecule has 14 nitrogen and oxygen atoms in total. The van der Waals surface area contributed by atoms with Crippen molar-refractivity contribution in [1.29, 1.82) is 0 Å².